The van der Waals surface area contributed by atoms with Crippen molar-refractivity contribution >= 4 is 24.2 Å². The second-order valence-electron chi connectivity index (χ2n) is 5.90. The summed E-state index contributed by atoms with van der Waals surface area (Å²) in [4.78, 5) is 25.4. The van der Waals surface area contributed by atoms with Gasteiger partial charge in [0.1, 0.15) is 0 Å². The van der Waals surface area contributed by atoms with Gasteiger partial charge in [0.05, 0.1) is 11.6 Å². The van der Waals surface area contributed by atoms with Crippen molar-refractivity contribution in [3.05, 3.63) is 71.9 Å². The predicted octanol–water partition coefficient (Wildman–Crippen LogP) is 3.98. The second kappa shape index (κ2) is 6.27. The minimum Gasteiger partial charge on any atom is -0.481 e. The molecule has 2 aromatic carbocycles. The molecule has 3 atom stereocenters. The van der Waals surface area contributed by atoms with Gasteiger partial charge in [0, 0.05) is 23.8 Å². The summed E-state index contributed by atoms with van der Waals surface area (Å²) in [6.07, 6.45) is 1.64. The molecule has 3 rings (SSSR count). The third-order valence-corrected chi connectivity index (χ3v) is 5.81. The van der Waals surface area contributed by atoms with Crippen LogP contribution in [-0.4, -0.2) is 27.6 Å². The van der Waals surface area contributed by atoms with Crippen LogP contribution in [0.4, 0.5) is 0 Å². The molecule has 0 aliphatic rings. The van der Waals surface area contributed by atoms with Crippen molar-refractivity contribution < 1.29 is 19.4 Å². The zero-order chi connectivity index (χ0) is 17.3. The maximum atomic E-state index is 12.7. The van der Waals surface area contributed by atoms with E-state index >= 15 is 0 Å². The summed E-state index contributed by atoms with van der Waals surface area (Å²) in [5.74, 6) is -2.22. The van der Waals surface area contributed by atoms with Gasteiger partial charge in [-0.1, -0.05) is 48.5 Å². The number of nitrogens with one attached hydrogen (secondary N) is 1. The average Bonchev–Trinajstić information content (AvgIpc) is 2.95. The highest BCUT2D eigenvalue weighted by Crippen LogP contribution is 2.60. The van der Waals surface area contributed by atoms with Crippen LogP contribution < -0.4 is 0 Å². The van der Waals surface area contributed by atoms with Gasteiger partial charge >= 0.3 is 5.97 Å². The van der Waals surface area contributed by atoms with Gasteiger partial charge in [0.15, 0.2) is 0 Å². The molecule has 3 unspecified atom stereocenters. The number of fused-ring (bicyclic) bond motifs is 1. The van der Waals surface area contributed by atoms with Crippen molar-refractivity contribution in [2.24, 2.45) is 0 Å². The van der Waals surface area contributed by atoms with E-state index in [0.717, 1.165) is 10.9 Å². The standard InChI is InChI=1S/C18H18NO4P/c1-24(22,23)17(14-11-19-15-10-6-5-9-13(14)15)16(18(20)21)12-7-3-2-4-8-12/h2-11,16-17,19H,1H3,(H,20,21)(H,22,23). The van der Waals surface area contributed by atoms with Crippen LogP contribution in [0.3, 0.4) is 0 Å². The number of H-pyrrole nitrogens is 1. The number of aromatic amines is 1. The van der Waals surface area contributed by atoms with Crippen LogP contribution in [0.25, 0.3) is 10.9 Å². The third-order valence-electron chi connectivity index (χ3n) is 4.20. The SMILES string of the molecule is CP(=O)(O)C(c1c[nH]c2ccccc12)C(C(=O)O)c1ccccc1. The van der Waals surface area contributed by atoms with Crippen LogP contribution in [-0.2, 0) is 9.36 Å². The molecule has 0 aliphatic heterocycles. The van der Waals surface area contributed by atoms with Gasteiger partial charge < -0.3 is 15.0 Å². The zero-order valence-corrected chi connectivity index (χ0v) is 14.0. The van der Waals surface area contributed by atoms with Crippen molar-refractivity contribution in [2.45, 2.75) is 11.6 Å². The topological polar surface area (TPSA) is 90.4 Å². The molecule has 0 aliphatic carbocycles. The molecule has 1 aromatic heterocycles. The molecule has 6 heteroatoms. The maximum absolute atomic E-state index is 12.7. The van der Waals surface area contributed by atoms with Gasteiger partial charge in [-0.05, 0) is 17.2 Å². The summed E-state index contributed by atoms with van der Waals surface area (Å²) in [5, 5.41) is 10.6. The number of para-hydroxylation sites is 1. The Kier molecular flexibility index (Phi) is 4.31. The number of carbonyl (C=O) groups is 1. The number of carboxylic acids is 1. The molecule has 24 heavy (non-hydrogen) atoms. The summed E-state index contributed by atoms with van der Waals surface area (Å²) >= 11 is 0. The maximum Gasteiger partial charge on any atom is 0.312 e. The Morgan fingerprint density at radius 2 is 1.71 bits per heavy atom. The third kappa shape index (κ3) is 3.01. The van der Waals surface area contributed by atoms with Crippen molar-refractivity contribution in [3.63, 3.8) is 0 Å². The van der Waals surface area contributed by atoms with E-state index in [-0.39, 0.29) is 0 Å². The number of aromatic nitrogens is 1. The summed E-state index contributed by atoms with van der Waals surface area (Å²) in [7, 11) is -3.75. The molecule has 0 saturated heterocycles. The van der Waals surface area contributed by atoms with E-state index in [2.05, 4.69) is 4.98 Å². The predicted molar refractivity (Wildman–Crippen MR) is 93.6 cm³/mol. The molecule has 0 fully saturated rings. The summed E-state index contributed by atoms with van der Waals surface area (Å²) in [6, 6.07) is 16.0. The Bertz CT molecular complexity index is 913. The summed E-state index contributed by atoms with van der Waals surface area (Å²) < 4.78 is 12.7. The van der Waals surface area contributed by atoms with Crippen LogP contribution in [0.1, 0.15) is 22.7 Å². The lowest BCUT2D eigenvalue weighted by molar-refractivity contribution is -0.139. The van der Waals surface area contributed by atoms with Gasteiger partial charge in [-0.2, -0.15) is 0 Å². The minimum atomic E-state index is -3.75. The average molecular weight is 343 g/mol. The molecule has 0 radical (unpaired) electrons. The van der Waals surface area contributed by atoms with E-state index in [1.54, 1.807) is 36.5 Å². The normalized spacial score (nSPS) is 16.4. The van der Waals surface area contributed by atoms with E-state index in [1.807, 2.05) is 24.3 Å². The Morgan fingerprint density at radius 3 is 2.33 bits per heavy atom. The fraction of sp³-hybridized carbons (Fsp3) is 0.167. The van der Waals surface area contributed by atoms with Crippen LogP contribution in [0.5, 0.6) is 0 Å². The number of hydrogen-bond donors (Lipinski definition) is 3. The molecule has 1 heterocycles. The van der Waals surface area contributed by atoms with Crippen LogP contribution in [0, 0.1) is 0 Å². The lowest BCUT2D eigenvalue weighted by Crippen LogP contribution is -2.20. The molecule has 5 nitrogen and oxygen atoms in total. The fourth-order valence-electron chi connectivity index (χ4n) is 3.17. The van der Waals surface area contributed by atoms with Crippen molar-refractivity contribution in [1.29, 1.82) is 0 Å². The van der Waals surface area contributed by atoms with E-state index in [1.165, 1.54) is 6.66 Å². The molecule has 3 N–H and O–H groups in total. The minimum absolute atomic E-state index is 0.511. The monoisotopic (exact) mass is 343 g/mol. The summed E-state index contributed by atoms with van der Waals surface area (Å²) in [6.45, 7) is 1.22. The molecule has 0 bridgehead atoms. The molecule has 0 saturated carbocycles. The number of benzene rings is 2. The lowest BCUT2D eigenvalue weighted by Gasteiger charge is -2.26. The van der Waals surface area contributed by atoms with Crippen molar-refractivity contribution in [2.75, 3.05) is 6.66 Å². The highest BCUT2D eigenvalue weighted by Gasteiger charge is 2.41. The number of aliphatic carboxylic acids is 1. The molecule has 124 valence electrons. The molecular weight excluding hydrogens is 325 g/mol. The van der Waals surface area contributed by atoms with Crippen molar-refractivity contribution in [3.8, 4) is 0 Å². The first kappa shape index (κ1) is 16.5. The second-order valence-corrected chi connectivity index (χ2v) is 8.35. The number of hydrogen-bond acceptors (Lipinski definition) is 2. The Morgan fingerprint density at radius 1 is 1.08 bits per heavy atom. The van der Waals surface area contributed by atoms with Gasteiger partial charge in [-0.25, -0.2) is 0 Å². The highest BCUT2D eigenvalue weighted by atomic mass is 31.2. The van der Waals surface area contributed by atoms with Gasteiger partial charge in [0.25, 0.3) is 0 Å². The van der Waals surface area contributed by atoms with Crippen LogP contribution in [0.2, 0.25) is 0 Å². The first-order valence-corrected chi connectivity index (χ1v) is 9.71. The van der Waals surface area contributed by atoms with Gasteiger partial charge in [-0.3, -0.25) is 9.36 Å². The lowest BCUT2D eigenvalue weighted by atomic mass is 9.91. The smallest absolute Gasteiger partial charge is 0.312 e. The van der Waals surface area contributed by atoms with Gasteiger partial charge in [0.2, 0.25) is 7.37 Å². The largest absolute Gasteiger partial charge is 0.481 e. The van der Waals surface area contributed by atoms with Crippen LogP contribution >= 0.6 is 7.37 Å². The van der Waals surface area contributed by atoms with E-state index in [9.17, 15) is 19.4 Å². The van der Waals surface area contributed by atoms with E-state index < -0.39 is 24.9 Å². The summed E-state index contributed by atoms with van der Waals surface area (Å²) in [5.41, 5.74) is 0.836. The molecule has 3 aromatic rings. The first-order chi connectivity index (χ1) is 11.4. The highest BCUT2D eigenvalue weighted by molar-refractivity contribution is 7.57. The number of rotatable bonds is 5. The van der Waals surface area contributed by atoms with E-state index in [0.29, 0.717) is 11.1 Å². The zero-order valence-electron chi connectivity index (χ0n) is 13.1. The Hall–Kier alpha value is -2.36. The first-order valence-electron chi connectivity index (χ1n) is 7.53. The molecular formula is C18H18NO4P. The fourth-order valence-corrected chi connectivity index (χ4v) is 4.76. The van der Waals surface area contributed by atoms with Crippen LogP contribution in [0.15, 0.2) is 60.8 Å². The molecule has 0 spiro atoms. The Balaban J connectivity index is 2.23. The van der Waals surface area contributed by atoms with Gasteiger partial charge in [-0.15, -0.1) is 0 Å². The quantitative estimate of drug-likeness (QED) is 0.611. The van der Waals surface area contributed by atoms with E-state index in [4.69, 9.17) is 0 Å². The Labute approximate surface area is 139 Å². The van der Waals surface area contributed by atoms with Crippen molar-refractivity contribution in [1.82, 2.24) is 4.98 Å². The number of carboxylic acid groups (broad SMARTS) is 1. The molecule has 0 amide bonds.